The first-order valence-electron chi connectivity index (χ1n) is 10.0. The van der Waals surface area contributed by atoms with Gasteiger partial charge in [-0.2, -0.15) is 0 Å². The van der Waals surface area contributed by atoms with Crippen molar-refractivity contribution in [2.75, 3.05) is 16.4 Å². The molecule has 0 unspecified atom stereocenters. The lowest BCUT2D eigenvalue weighted by atomic mass is 9.83. The Morgan fingerprint density at radius 1 is 1.14 bits per heavy atom. The summed E-state index contributed by atoms with van der Waals surface area (Å²) in [5.41, 5.74) is 4.48. The Labute approximate surface area is 173 Å². The normalized spacial score (nSPS) is 24.5. The topological polar surface area (TPSA) is 54.5 Å². The van der Waals surface area contributed by atoms with Gasteiger partial charge in [-0.15, -0.1) is 0 Å². The highest BCUT2D eigenvalue weighted by atomic mass is 32.2. The molecule has 0 spiro atoms. The largest absolute Gasteiger partial charge is 0.314 e. The second-order valence-corrected chi connectivity index (χ2v) is 11.1. The van der Waals surface area contributed by atoms with E-state index in [0.717, 1.165) is 22.6 Å². The molecule has 2 aromatic rings. The van der Waals surface area contributed by atoms with Crippen LogP contribution in [0.4, 0.5) is 11.4 Å². The number of rotatable bonds is 4. The summed E-state index contributed by atoms with van der Waals surface area (Å²) in [7, 11) is -3.02. The third-order valence-electron chi connectivity index (χ3n) is 6.48. The number of nitrogens with zero attached hydrogens (tertiary/aromatic N) is 1. The summed E-state index contributed by atoms with van der Waals surface area (Å²) in [5, 5.41) is 0. The zero-order chi connectivity index (χ0) is 21.0. The van der Waals surface area contributed by atoms with E-state index in [9.17, 15) is 13.2 Å². The molecule has 0 aliphatic carbocycles. The highest BCUT2D eigenvalue weighted by Crippen LogP contribution is 2.50. The molecule has 1 fully saturated rings. The summed E-state index contributed by atoms with van der Waals surface area (Å²) < 4.78 is 23.8. The van der Waals surface area contributed by atoms with Gasteiger partial charge < -0.3 is 4.90 Å². The number of ketones is 1. The first kappa shape index (κ1) is 19.9. The van der Waals surface area contributed by atoms with E-state index >= 15 is 0 Å². The van der Waals surface area contributed by atoms with E-state index in [4.69, 9.17) is 0 Å². The van der Waals surface area contributed by atoms with Crippen LogP contribution in [0.1, 0.15) is 43.1 Å². The van der Waals surface area contributed by atoms with Crippen molar-refractivity contribution in [2.24, 2.45) is 11.8 Å². The van der Waals surface area contributed by atoms with E-state index in [2.05, 4.69) is 37.5 Å². The van der Waals surface area contributed by atoms with Gasteiger partial charge in [0.15, 0.2) is 15.6 Å². The molecule has 4 nitrogen and oxygen atoms in total. The SMILES string of the molecule is C=C1N(c2ccccc2)c2ccc(C(=O)C[C@H]3CS(=O)(=O)C[C@H]3C)cc2C1(C)C. The lowest BCUT2D eigenvalue weighted by Gasteiger charge is -2.25. The molecule has 2 aromatic carbocycles. The first-order valence-corrected chi connectivity index (χ1v) is 11.8. The van der Waals surface area contributed by atoms with Gasteiger partial charge in [0.25, 0.3) is 0 Å². The minimum absolute atomic E-state index is 0.0151. The zero-order valence-electron chi connectivity index (χ0n) is 17.2. The Morgan fingerprint density at radius 3 is 2.45 bits per heavy atom. The van der Waals surface area contributed by atoms with Gasteiger partial charge in [0.2, 0.25) is 0 Å². The van der Waals surface area contributed by atoms with E-state index in [1.54, 1.807) is 0 Å². The molecular formula is C24H27NO3S. The number of carbonyl (C=O) groups is 1. The fraction of sp³-hybridized carbons (Fsp3) is 0.375. The number of sulfone groups is 1. The van der Waals surface area contributed by atoms with Crippen molar-refractivity contribution in [3.05, 3.63) is 71.9 Å². The van der Waals surface area contributed by atoms with E-state index in [1.807, 2.05) is 43.3 Å². The summed E-state index contributed by atoms with van der Waals surface area (Å²) in [6.07, 6.45) is 0.281. The van der Waals surface area contributed by atoms with Crippen LogP contribution < -0.4 is 4.90 Å². The van der Waals surface area contributed by atoms with Crippen LogP contribution in [0.15, 0.2) is 60.8 Å². The number of hydrogen-bond acceptors (Lipinski definition) is 4. The molecule has 0 saturated carbocycles. The van der Waals surface area contributed by atoms with Gasteiger partial charge in [-0.3, -0.25) is 4.79 Å². The Morgan fingerprint density at radius 2 is 1.83 bits per heavy atom. The van der Waals surface area contributed by atoms with Gasteiger partial charge in [0.1, 0.15) is 0 Å². The molecule has 0 aromatic heterocycles. The van der Waals surface area contributed by atoms with Gasteiger partial charge in [0, 0.05) is 34.5 Å². The second kappa shape index (κ2) is 6.84. The Hall–Kier alpha value is -2.40. The lowest BCUT2D eigenvalue weighted by molar-refractivity contribution is 0.0957. The van der Waals surface area contributed by atoms with Gasteiger partial charge in [-0.25, -0.2) is 8.42 Å². The van der Waals surface area contributed by atoms with Crippen molar-refractivity contribution in [3.8, 4) is 0 Å². The Kier molecular flexibility index (Phi) is 4.69. The van der Waals surface area contributed by atoms with Crippen LogP contribution in [0, 0.1) is 11.8 Å². The number of hydrogen-bond donors (Lipinski definition) is 0. The van der Waals surface area contributed by atoms with Crippen molar-refractivity contribution in [1.29, 1.82) is 0 Å². The highest BCUT2D eigenvalue weighted by Gasteiger charge is 2.40. The summed E-state index contributed by atoms with van der Waals surface area (Å²) in [5.74, 6) is 0.261. The van der Waals surface area contributed by atoms with Crippen molar-refractivity contribution >= 4 is 27.0 Å². The molecule has 0 radical (unpaired) electrons. The van der Waals surface area contributed by atoms with Crippen LogP contribution in [0.25, 0.3) is 0 Å². The molecule has 29 heavy (non-hydrogen) atoms. The maximum absolute atomic E-state index is 13.0. The number of anilines is 2. The predicted molar refractivity (Wildman–Crippen MR) is 117 cm³/mol. The smallest absolute Gasteiger partial charge is 0.163 e. The predicted octanol–water partition coefficient (Wildman–Crippen LogP) is 4.88. The molecule has 2 aliphatic rings. The average Bonchev–Trinajstić information content (AvgIpc) is 3.04. The zero-order valence-corrected chi connectivity index (χ0v) is 18.0. The van der Waals surface area contributed by atoms with E-state index in [0.29, 0.717) is 5.56 Å². The molecule has 0 N–H and O–H groups in total. The third kappa shape index (κ3) is 3.42. The standard InChI is InChI=1S/C24H27NO3S/c1-16-14-29(27,28)15-19(16)13-23(26)18-10-11-22-21(12-18)24(3,4)17(2)25(22)20-8-6-5-7-9-20/h5-12,16,19H,2,13-15H2,1,3-4H3/t16-,19+/m1/s1. The lowest BCUT2D eigenvalue weighted by Crippen LogP contribution is -2.21. The molecule has 5 heteroatoms. The maximum Gasteiger partial charge on any atom is 0.163 e. The van der Waals surface area contributed by atoms with Crippen molar-refractivity contribution in [1.82, 2.24) is 0 Å². The molecule has 4 rings (SSSR count). The van der Waals surface area contributed by atoms with E-state index in [1.165, 1.54) is 0 Å². The van der Waals surface area contributed by atoms with Gasteiger partial charge >= 0.3 is 0 Å². The van der Waals surface area contributed by atoms with E-state index < -0.39 is 9.84 Å². The van der Waals surface area contributed by atoms with Crippen LogP contribution in [-0.2, 0) is 15.3 Å². The third-order valence-corrected chi connectivity index (χ3v) is 8.45. The molecule has 152 valence electrons. The van der Waals surface area contributed by atoms with Crippen LogP contribution in [-0.4, -0.2) is 25.7 Å². The van der Waals surface area contributed by atoms with Crippen LogP contribution in [0.5, 0.6) is 0 Å². The van der Waals surface area contributed by atoms with Crippen LogP contribution in [0.3, 0.4) is 0 Å². The van der Waals surface area contributed by atoms with Crippen LogP contribution in [0.2, 0.25) is 0 Å². The molecule has 2 atom stereocenters. The molecular weight excluding hydrogens is 382 g/mol. The van der Waals surface area contributed by atoms with Crippen LogP contribution >= 0.6 is 0 Å². The first-order chi connectivity index (χ1) is 13.6. The number of benzene rings is 2. The van der Waals surface area contributed by atoms with Crippen molar-refractivity contribution in [3.63, 3.8) is 0 Å². The van der Waals surface area contributed by atoms with E-state index in [-0.39, 0.29) is 41.0 Å². The summed E-state index contributed by atoms with van der Waals surface area (Å²) in [6.45, 7) is 10.5. The molecule has 0 bridgehead atoms. The molecule has 2 aliphatic heterocycles. The molecule has 2 heterocycles. The van der Waals surface area contributed by atoms with Gasteiger partial charge in [0.05, 0.1) is 11.5 Å². The number of para-hydroxylation sites is 1. The van der Waals surface area contributed by atoms with Crippen molar-refractivity contribution < 1.29 is 13.2 Å². The fourth-order valence-corrected chi connectivity index (χ4v) is 6.88. The van der Waals surface area contributed by atoms with Gasteiger partial charge in [-0.05, 0) is 47.7 Å². The number of fused-ring (bicyclic) bond motifs is 1. The average molecular weight is 410 g/mol. The highest BCUT2D eigenvalue weighted by molar-refractivity contribution is 7.91. The Bertz CT molecular complexity index is 1090. The minimum atomic E-state index is -3.02. The van der Waals surface area contributed by atoms with Gasteiger partial charge in [-0.1, -0.05) is 45.5 Å². The molecule has 0 amide bonds. The monoisotopic (exact) mass is 409 g/mol. The van der Waals surface area contributed by atoms with Crippen molar-refractivity contribution in [2.45, 2.75) is 32.6 Å². The Balaban J connectivity index is 1.66. The second-order valence-electron chi connectivity index (χ2n) is 8.92. The summed E-state index contributed by atoms with van der Waals surface area (Å²) in [6, 6.07) is 15.9. The summed E-state index contributed by atoms with van der Waals surface area (Å²) >= 11 is 0. The molecule has 1 saturated heterocycles. The fourth-order valence-electron chi connectivity index (χ4n) is 4.57. The quantitative estimate of drug-likeness (QED) is 0.675. The number of carbonyl (C=O) groups excluding carboxylic acids is 1. The summed E-state index contributed by atoms with van der Waals surface area (Å²) in [4.78, 5) is 15.1. The minimum Gasteiger partial charge on any atom is -0.314 e. The number of allylic oxidation sites excluding steroid dienone is 1. The number of Topliss-reactive ketones (excluding diaryl/α,β-unsaturated/α-hetero) is 1. The maximum atomic E-state index is 13.0.